The van der Waals surface area contributed by atoms with Gasteiger partial charge in [0, 0.05) is 38.1 Å². The molecule has 31 heavy (non-hydrogen) atoms. The number of hydrogen-bond donors (Lipinski definition) is 0. The van der Waals surface area contributed by atoms with E-state index in [1.807, 2.05) is 6.07 Å². The second-order valence-electron chi connectivity index (χ2n) is 8.42. The molecular weight excluding hydrogens is 475 g/mol. The first-order valence-electron chi connectivity index (χ1n) is 9.44. The Kier molecular flexibility index (Phi) is 6.79. The molecule has 2 aromatic heterocycles. The molecule has 0 radical (unpaired) electrons. The summed E-state index contributed by atoms with van der Waals surface area (Å²) in [7, 11) is -5.01. The predicted molar refractivity (Wildman–Crippen MR) is 125 cm³/mol. The van der Waals surface area contributed by atoms with Gasteiger partial charge in [0.1, 0.15) is 17.7 Å². The highest BCUT2D eigenvalue weighted by atomic mass is 35.5. The van der Waals surface area contributed by atoms with Crippen LogP contribution in [0.3, 0.4) is 0 Å². The number of nitrogens with zero attached hydrogens (tertiary/aromatic N) is 4. The van der Waals surface area contributed by atoms with E-state index in [0.717, 1.165) is 12.3 Å². The Morgan fingerprint density at radius 2 is 1.97 bits per heavy atom. The lowest BCUT2D eigenvalue weighted by atomic mass is 10.1. The van der Waals surface area contributed by atoms with Crippen LogP contribution in [0.15, 0.2) is 29.4 Å². The van der Waals surface area contributed by atoms with E-state index in [1.54, 1.807) is 16.8 Å². The Balaban J connectivity index is 2.23. The van der Waals surface area contributed by atoms with Crippen LogP contribution in [0.1, 0.15) is 5.56 Å². The molecule has 0 atom stereocenters. The van der Waals surface area contributed by atoms with Crippen molar-refractivity contribution >= 4 is 52.0 Å². The molecule has 0 bridgehead atoms. The van der Waals surface area contributed by atoms with Crippen molar-refractivity contribution in [2.45, 2.75) is 37.3 Å². The first-order chi connectivity index (χ1) is 14.4. The lowest BCUT2D eigenvalue weighted by Crippen LogP contribution is -2.22. The van der Waals surface area contributed by atoms with Gasteiger partial charge in [0.25, 0.3) is 0 Å². The van der Waals surface area contributed by atoms with Crippen molar-refractivity contribution in [1.29, 1.82) is 5.26 Å². The number of sulfone groups is 1. The molecule has 0 aliphatic carbocycles. The number of ether oxygens (including phenoxy) is 1. The van der Waals surface area contributed by atoms with E-state index in [4.69, 9.17) is 27.9 Å². The molecule has 0 amide bonds. The summed E-state index contributed by atoms with van der Waals surface area (Å²) in [5, 5.41) is 10.4. The number of fused-ring (bicyclic) bond motifs is 1. The zero-order chi connectivity index (χ0) is 23.0. The fourth-order valence-corrected chi connectivity index (χ4v) is 5.37. The minimum atomic E-state index is -3.72. The molecule has 164 valence electrons. The summed E-state index contributed by atoms with van der Waals surface area (Å²) in [6.45, 7) is 7.43. The van der Waals surface area contributed by atoms with E-state index in [9.17, 15) is 13.7 Å². The van der Waals surface area contributed by atoms with Crippen molar-refractivity contribution < 1.29 is 13.2 Å². The zero-order valence-corrected chi connectivity index (χ0v) is 20.9. The van der Waals surface area contributed by atoms with Crippen LogP contribution >= 0.6 is 23.2 Å². The van der Waals surface area contributed by atoms with E-state index < -0.39 is 17.9 Å². The number of rotatable bonds is 7. The fourth-order valence-electron chi connectivity index (χ4n) is 3.19. The lowest BCUT2D eigenvalue weighted by molar-refractivity contribution is 0.0900. The minimum absolute atomic E-state index is 0.0173. The quantitative estimate of drug-likeness (QED) is 0.259. The van der Waals surface area contributed by atoms with Gasteiger partial charge >= 0.3 is 0 Å². The van der Waals surface area contributed by atoms with Crippen molar-refractivity contribution in [3.63, 3.8) is 0 Å². The van der Waals surface area contributed by atoms with Crippen molar-refractivity contribution in [2.75, 3.05) is 12.9 Å². The monoisotopic (exact) mass is 496 g/mol. The highest BCUT2D eigenvalue weighted by Gasteiger charge is 2.24. The van der Waals surface area contributed by atoms with Gasteiger partial charge in [-0.05, 0) is 23.7 Å². The zero-order valence-electron chi connectivity index (χ0n) is 17.6. The Labute approximate surface area is 192 Å². The average Bonchev–Trinajstić information content (AvgIpc) is 3.03. The van der Waals surface area contributed by atoms with Crippen LogP contribution in [0.25, 0.3) is 22.2 Å². The smallest absolute Gasteiger partial charge is 0.222 e. The van der Waals surface area contributed by atoms with Crippen LogP contribution in [0.4, 0.5) is 0 Å². The fraction of sp³-hybridized carbons (Fsp3) is 0.350. The van der Waals surface area contributed by atoms with Gasteiger partial charge in [0.2, 0.25) is 5.28 Å². The van der Waals surface area contributed by atoms with E-state index in [1.165, 1.54) is 12.3 Å². The molecule has 3 aromatic rings. The van der Waals surface area contributed by atoms with Gasteiger partial charge in [0.15, 0.2) is 9.84 Å². The minimum Gasteiger partial charge on any atom is -0.361 e. The molecule has 0 fully saturated rings. The lowest BCUT2D eigenvalue weighted by Gasteiger charge is -2.16. The first-order valence-corrected chi connectivity index (χ1v) is 15.8. The Bertz CT molecular complexity index is 1290. The Hall–Kier alpha value is -1.96. The second kappa shape index (κ2) is 8.88. The van der Waals surface area contributed by atoms with Gasteiger partial charge in [-0.15, -0.1) is 0 Å². The van der Waals surface area contributed by atoms with Crippen molar-refractivity contribution in [2.24, 2.45) is 0 Å². The van der Waals surface area contributed by atoms with Crippen molar-refractivity contribution in [3.8, 4) is 17.3 Å². The molecule has 3 rings (SSSR count). The van der Waals surface area contributed by atoms with Crippen LogP contribution in [-0.4, -0.2) is 43.9 Å². The van der Waals surface area contributed by atoms with Gasteiger partial charge in [-0.25, -0.2) is 18.4 Å². The second-order valence-corrected chi connectivity index (χ2v) is 16.7. The molecule has 11 heteroatoms. The summed E-state index contributed by atoms with van der Waals surface area (Å²) >= 11 is 12.3. The number of hydrogen-bond acceptors (Lipinski definition) is 6. The topological polar surface area (TPSA) is 97.9 Å². The largest absolute Gasteiger partial charge is 0.361 e. The third-order valence-electron chi connectivity index (χ3n) is 4.68. The number of halogens is 2. The van der Waals surface area contributed by atoms with Crippen LogP contribution in [0.5, 0.6) is 0 Å². The first kappa shape index (κ1) is 23.7. The molecule has 0 saturated heterocycles. The molecule has 1 aromatic carbocycles. The highest BCUT2D eigenvalue weighted by Crippen LogP contribution is 2.37. The SMILES string of the molecule is C[Si](C)(C)CCOCn1cc(-c2nc(Cl)ncc2Cl)c2ccc(C#N)c(S(C)(=O)=O)c21. The van der Waals surface area contributed by atoms with Crippen LogP contribution < -0.4 is 0 Å². The van der Waals surface area contributed by atoms with Gasteiger partial charge in [-0.2, -0.15) is 5.26 Å². The van der Waals surface area contributed by atoms with Crippen LogP contribution in [-0.2, 0) is 21.3 Å². The molecule has 0 aliphatic rings. The van der Waals surface area contributed by atoms with Crippen molar-refractivity contribution in [3.05, 3.63) is 40.4 Å². The van der Waals surface area contributed by atoms with Crippen LogP contribution in [0, 0.1) is 11.3 Å². The highest BCUT2D eigenvalue weighted by molar-refractivity contribution is 7.91. The third kappa shape index (κ3) is 5.27. The normalized spacial score (nSPS) is 12.3. The standard InChI is InChI=1S/C20H22Cl2N4O3SSi/c1-30(27,28)19-13(9-23)5-6-14-15(17-16(21)10-24-20(22)25-17)11-26(18(14)19)12-29-7-8-31(2,3)4/h5-6,10-11H,7-8,12H2,1-4H3. The van der Waals surface area contributed by atoms with E-state index in [2.05, 4.69) is 29.6 Å². The maximum Gasteiger partial charge on any atom is 0.222 e. The number of nitriles is 1. The molecule has 7 nitrogen and oxygen atoms in total. The molecule has 0 saturated carbocycles. The van der Waals surface area contributed by atoms with E-state index in [0.29, 0.717) is 28.8 Å². The summed E-state index contributed by atoms with van der Waals surface area (Å²) in [6.07, 6.45) is 4.20. The summed E-state index contributed by atoms with van der Waals surface area (Å²) in [5.74, 6) is 0. The number of benzene rings is 1. The maximum atomic E-state index is 12.6. The summed E-state index contributed by atoms with van der Waals surface area (Å²) in [5.41, 5.74) is 1.38. The van der Waals surface area contributed by atoms with Gasteiger partial charge in [0.05, 0.1) is 28.0 Å². The molecule has 0 spiro atoms. The molecule has 0 unspecified atom stereocenters. The average molecular weight is 497 g/mol. The van der Waals surface area contributed by atoms with Crippen LogP contribution in [0.2, 0.25) is 36.0 Å². The van der Waals surface area contributed by atoms with E-state index >= 15 is 0 Å². The Morgan fingerprint density at radius 1 is 1.26 bits per heavy atom. The molecule has 0 aliphatic heterocycles. The van der Waals surface area contributed by atoms with Crippen molar-refractivity contribution in [1.82, 2.24) is 14.5 Å². The maximum absolute atomic E-state index is 12.6. The van der Waals surface area contributed by atoms with E-state index in [-0.39, 0.29) is 27.5 Å². The molecule has 0 N–H and O–H groups in total. The third-order valence-corrected chi connectivity index (χ3v) is 8.00. The van der Waals surface area contributed by atoms with Gasteiger partial charge < -0.3 is 9.30 Å². The summed E-state index contributed by atoms with van der Waals surface area (Å²) in [4.78, 5) is 8.05. The summed E-state index contributed by atoms with van der Waals surface area (Å²) in [6, 6.07) is 6.11. The molecular formula is C20H22Cl2N4O3SSi. The predicted octanol–water partition coefficient (Wildman–Crippen LogP) is 4.99. The number of aromatic nitrogens is 3. The van der Waals surface area contributed by atoms with Gasteiger partial charge in [-0.3, -0.25) is 0 Å². The van der Waals surface area contributed by atoms with Gasteiger partial charge in [-0.1, -0.05) is 37.3 Å². The summed E-state index contributed by atoms with van der Waals surface area (Å²) < 4.78 is 32.8. The molecule has 2 heterocycles. The Morgan fingerprint density at radius 3 is 2.58 bits per heavy atom.